The Morgan fingerprint density at radius 2 is 2.06 bits per heavy atom. The first-order valence-electron chi connectivity index (χ1n) is 4.63. The standard InChI is InChI=1S/C10H13N3O3/c11-10(13-16)12-8(9(14)15)6-7-4-2-1-3-5-7/h1-5,8,16H,6H2,(H,14,15)(H3,11,12,13). The molecule has 6 nitrogen and oxygen atoms in total. The van der Waals surface area contributed by atoms with Crippen LogP contribution in [0.15, 0.2) is 35.3 Å². The van der Waals surface area contributed by atoms with Crippen molar-refractivity contribution >= 4 is 11.9 Å². The second kappa shape index (κ2) is 5.72. The van der Waals surface area contributed by atoms with Gasteiger partial charge in [0, 0.05) is 6.42 Å². The summed E-state index contributed by atoms with van der Waals surface area (Å²) in [6.45, 7) is 0. The van der Waals surface area contributed by atoms with Crippen LogP contribution in [0, 0.1) is 0 Å². The number of hydrogen-bond donors (Lipinski definition) is 4. The fraction of sp³-hybridized carbons (Fsp3) is 0.200. The van der Waals surface area contributed by atoms with Crippen LogP contribution in [0.4, 0.5) is 0 Å². The quantitative estimate of drug-likeness (QED) is 0.326. The lowest BCUT2D eigenvalue weighted by molar-refractivity contribution is -0.138. The molecule has 86 valence electrons. The molecular weight excluding hydrogens is 210 g/mol. The molecule has 0 heterocycles. The number of aliphatic carboxylic acids is 1. The van der Waals surface area contributed by atoms with E-state index in [9.17, 15) is 4.79 Å². The average molecular weight is 223 g/mol. The predicted molar refractivity (Wildman–Crippen MR) is 58.1 cm³/mol. The molecule has 0 radical (unpaired) electrons. The molecule has 1 aromatic carbocycles. The Labute approximate surface area is 92.4 Å². The summed E-state index contributed by atoms with van der Waals surface area (Å²) >= 11 is 0. The van der Waals surface area contributed by atoms with Gasteiger partial charge in [-0.15, -0.1) is 0 Å². The first-order chi connectivity index (χ1) is 7.63. The van der Waals surface area contributed by atoms with E-state index in [0.717, 1.165) is 5.56 Å². The van der Waals surface area contributed by atoms with E-state index in [-0.39, 0.29) is 12.4 Å². The second-order valence-corrected chi connectivity index (χ2v) is 3.17. The highest BCUT2D eigenvalue weighted by molar-refractivity contribution is 5.82. The highest BCUT2D eigenvalue weighted by Gasteiger charge is 2.17. The second-order valence-electron chi connectivity index (χ2n) is 3.17. The molecule has 0 aliphatic heterocycles. The van der Waals surface area contributed by atoms with Crippen LogP contribution in [-0.4, -0.2) is 28.3 Å². The van der Waals surface area contributed by atoms with Crippen molar-refractivity contribution in [2.45, 2.75) is 12.5 Å². The molecule has 5 N–H and O–H groups in total. The van der Waals surface area contributed by atoms with E-state index >= 15 is 0 Å². The third-order valence-electron chi connectivity index (χ3n) is 1.97. The normalized spacial score (nSPS) is 13.2. The Morgan fingerprint density at radius 3 is 2.56 bits per heavy atom. The molecule has 0 spiro atoms. The average Bonchev–Trinajstić information content (AvgIpc) is 2.29. The van der Waals surface area contributed by atoms with E-state index in [1.807, 2.05) is 18.2 Å². The monoisotopic (exact) mass is 223 g/mol. The number of guanidine groups is 1. The smallest absolute Gasteiger partial charge is 0.328 e. The molecule has 1 aromatic rings. The number of hydrogen-bond acceptors (Lipinski definition) is 3. The van der Waals surface area contributed by atoms with E-state index in [1.54, 1.807) is 17.6 Å². The number of carboxylic acid groups (broad SMARTS) is 1. The van der Waals surface area contributed by atoms with Gasteiger partial charge in [-0.3, -0.25) is 5.21 Å². The van der Waals surface area contributed by atoms with Gasteiger partial charge in [-0.1, -0.05) is 30.3 Å². The van der Waals surface area contributed by atoms with Gasteiger partial charge in [0.2, 0.25) is 5.96 Å². The van der Waals surface area contributed by atoms with Crippen LogP contribution in [-0.2, 0) is 11.2 Å². The van der Waals surface area contributed by atoms with Crippen molar-refractivity contribution in [3.63, 3.8) is 0 Å². The zero-order chi connectivity index (χ0) is 12.0. The van der Waals surface area contributed by atoms with Gasteiger partial charge in [0.15, 0.2) is 6.04 Å². The Morgan fingerprint density at radius 1 is 1.44 bits per heavy atom. The van der Waals surface area contributed by atoms with Crippen LogP contribution in [0.2, 0.25) is 0 Å². The molecule has 16 heavy (non-hydrogen) atoms. The van der Waals surface area contributed by atoms with Crippen LogP contribution in [0.5, 0.6) is 0 Å². The molecule has 0 aromatic heterocycles. The SMILES string of the molecule is NC(=NC(Cc1ccccc1)C(=O)O)NO. The summed E-state index contributed by atoms with van der Waals surface area (Å²) in [6.07, 6.45) is 0.221. The van der Waals surface area contributed by atoms with Gasteiger partial charge in [-0.25, -0.2) is 15.3 Å². The fourth-order valence-electron chi connectivity index (χ4n) is 1.22. The van der Waals surface area contributed by atoms with Crippen molar-refractivity contribution in [2.75, 3.05) is 0 Å². The topological polar surface area (TPSA) is 108 Å². The summed E-state index contributed by atoms with van der Waals surface area (Å²) in [5, 5.41) is 17.3. The minimum atomic E-state index is -1.10. The van der Waals surface area contributed by atoms with Crippen LogP contribution < -0.4 is 11.2 Å². The van der Waals surface area contributed by atoms with Crippen LogP contribution in [0.3, 0.4) is 0 Å². The van der Waals surface area contributed by atoms with Crippen molar-refractivity contribution in [1.82, 2.24) is 5.48 Å². The van der Waals surface area contributed by atoms with Crippen molar-refractivity contribution < 1.29 is 15.1 Å². The highest BCUT2D eigenvalue weighted by Crippen LogP contribution is 2.06. The van der Waals surface area contributed by atoms with E-state index in [4.69, 9.17) is 16.0 Å². The maximum atomic E-state index is 10.9. The molecule has 0 aliphatic rings. The van der Waals surface area contributed by atoms with E-state index < -0.39 is 12.0 Å². The lowest BCUT2D eigenvalue weighted by Crippen LogP contribution is -2.33. The maximum Gasteiger partial charge on any atom is 0.328 e. The Kier molecular flexibility index (Phi) is 4.28. The number of nitrogens with one attached hydrogen (secondary N) is 1. The zero-order valence-corrected chi connectivity index (χ0v) is 8.50. The van der Waals surface area contributed by atoms with Crippen molar-refractivity contribution in [1.29, 1.82) is 0 Å². The van der Waals surface area contributed by atoms with Crippen LogP contribution in [0.25, 0.3) is 0 Å². The fourth-order valence-corrected chi connectivity index (χ4v) is 1.22. The number of aliphatic imine (C=N–C) groups is 1. The number of nitrogens with zero attached hydrogens (tertiary/aromatic N) is 1. The van der Waals surface area contributed by atoms with Gasteiger partial charge in [-0.2, -0.15) is 0 Å². The molecule has 0 aliphatic carbocycles. The number of hydroxylamine groups is 1. The number of carbonyl (C=O) groups is 1. The largest absolute Gasteiger partial charge is 0.480 e. The van der Waals surface area contributed by atoms with E-state index in [1.165, 1.54) is 0 Å². The summed E-state index contributed by atoms with van der Waals surface area (Å²) in [7, 11) is 0. The first kappa shape index (κ1) is 12.0. The first-order valence-corrected chi connectivity index (χ1v) is 4.63. The van der Waals surface area contributed by atoms with Gasteiger partial charge >= 0.3 is 5.97 Å². The number of benzene rings is 1. The molecule has 1 atom stereocenters. The summed E-state index contributed by atoms with van der Waals surface area (Å²) in [6, 6.07) is 8.05. The van der Waals surface area contributed by atoms with Gasteiger partial charge in [0.1, 0.15) is 0 Å². The minimum Gasteiger partial charge on any atom is -0.480 e. The molecule has 6 heteroatoms. The molecule has 0 amide bonds. The third kappa shape index (κ3) is 3.58. The lowest BCUT2D eigenvalue weighted by Gasteiger charge is -2.08. The lowest BCUT2D eigenvalue weighted by atomic mass is 10.1. The third-order valence-corrected chi connectivity index (χ3v) is 1.97. The summed E-state index contributed by atoms with van der Waals surface area (Å²) in [5.41, 5.74) is 7.63. The molecular formula is C10H13N3O3. The van der Waals surface area contributed by atoms with Crippen molar-refractivity contribution in [2.24, 2.45) is 10.7 Å². The maximum absolute atomic E-state index is 10.9. The van der Waals surface area contributed by atoms with Gasteiger partial charge in [-0.05, 0) is 5.56 Å². The zero-order valence-electron chi connectivity index (χ0n) is 8.50. The Bertz CT molecular complexity index is 378. The number of nitrogens with two attached hydrogens (primary N) is 1. The molecule has 0 bridgehead atoms. The van der Waals surface area contributed by atoms with Gasteiger partial charge in [0.05, 0.1) is 0 Å². The molecule has 0 saturated heterocycles. The summed E-state index contributed by atoms with van der Waals surface area (Å²) in [4.78, 5) is 14.5. The van der Waals surface area contributed by atoms with Crippen molar-refractivity contribution in [3.05, 3.63) is 35.9 Å². The van der Waals surface area contributed by atoms with Crippen LogP contribution in [0.1, 0.15) is 5.56 Å². The van der Waals surface area contributed by atoms with Crippen LogP contribution >= 0.6 is 0 Å². The molecule has 1 unspecified atom stereocenters. The Balaban J connectivity index is 2.77. The predicted octanol–water partition coefficient (Wildman–Crippen LogP) is -0.0242. The van der Waals surface area contributed by atoms with E-state index in [2.05, 4.69) is 4.99 Å². The Hall–Kier alpha value is -2.08. The van der Waals surface area contributed by atoms with E-state index in [0.29, 0.717) is 0 Å². The summed E-state index contributed by atoms with van der Waals surface area (Å²) < 4.78 is 0. The van der Waals surface area contributed by atoms with Gasteiger partial charge in [0.25, 0.3) is 0 Å². The van der Waals surface area contributed by atoms with Crippen molar-refractivity contribution in [3.8, 4) is 0 Å². The number of rotatable bonds is 4. The summed E-state index contributed by atoms with van der Waals surface area (Å²) in [5.74, 6) is -1.41. The number of carboxylic acids is 1. The molecule has 1 rings (SSSR count). The molecule has 0 fully saturated rings. The highest BCUT2D eigenvalue weighted by atomic mass is 16.5. The molecule has 0 saturated carbocycles. The minimum absolute atomic E-state index is 0.221. The van der Waals surface area contributed by atoms with Gasteiger partial charge < -0.3 is 10.8 Å².